The topological polar surface area (TPSA) is 0 Å². The molecular formula is C62H79Cl2F3Si3Zr-4. The summed E-state index contributed by atoms with van der Waals surface area (Å²) in [6.45, 7) is 20.3. The molecule has 9 heteroatoms. The number of fused-ring (bicyclic) bond motifs is 2. The predicted octanol–water partition coefficient (Wildman–Crippen LogP) is 17.5. The standard InChI is InChI=1S/2C29H35Si.C3H4F3.CH3.2ClH.Si.Zr/c2*1-30(2,3)26-9-7-22(8-10-26)27-6-4-5-23-12-21(18-29(23)27)17-28-24-13-19-11-20(15-24)16-25(28)14-19;1-2-3(4,5)6;;;;;/h2*4-10,12,18-20,24-25,28H,11,13-17H2,1-3H3;1-2H2;1H3;2*1H;;/q4*-1;;;;. The third kappa shape index (κ3) is 13.3. The Hall–Kier alpha value is -2.00. The molecular weight excluding hydrogens is 1050 g/mol. The Morgan fingerprint density at radius 2 is 0.817 bits per heavy atom. The molecule has 8 fully saturated rings. The second kappa shape index (κ2) is 23.9. The maximum atomic E-state index is 10.7. The number of rotatable bonds is 8. The second-order valence-electron chi connectivity index (χ2n) is 24.5. The van der Waals surface area contributed by atoms with Gasteiger partial charge in [-0.3, -0.25) is 0 Å². The molecule has 8 bridgehead atoms. The second-order valence-corrected chi connectivity index (χ2v) is 34.6. The molecule has 0 aliphatic heterocycles. The first kappa shape index (κ1) is 58.3. The summed E-state index contributed by atoms with van der Waals surface area (Å²) in [5.74, 6) is 10.3. The van der Waals surface area contributed by atoms with E-state index in [1.807, 2.05) is 0 Å². The number of halogens is 5. The van der Waals surface area contributed by atoms with Crippen molar-refractivity contribution in [2.24, 2.45) is 59.2 Å². The van der Waals surface area contributed by atoms with E-state index in [1.165, 1.54) is 131 Å². The van der Waals surface area contributed by atoms with E-state index in [9.17, 15) is 13.2 Å². The van der Waals surface area contributed by atoms with Gasteiger partial charge < -0.3 is 14.4 Å². The summed E-state index contributed by atoms with van der Waals surface area (Å²) in [6.07, 6.45) is 13.0. The average molecular weight is 1130 g/mol. The van der Waals surface area contributed by atoms with Crippen molar-refractivity contribution in [3.8, 4) is 22.3 Å². The molecule has 6 aromatic rings. The van der Waals surface area contributed by atoms with E-state index in [2.05, 4.69) is 162 Å². The molecule has 8 saturated carbocycles. The first-order valence-electron chi connectivity index (χ1n) is 26.1. The SMILES string of the molecule is C[Si](C)(C)c1ccc(-c2cccc3[cH-]c(CC4C5CC6CC(C5)CC4C6)cc23)cc1.C[Si](C)(C)c1ccc(-c2cccc3[cH-]c(CC4C5CC6CC(C5)CC4C6)cc23)cc1.Cl.Cl.[CH2-]CC(F)(F)F.[CH3-].[Si]=[Zr]. The first-order chi connectivity index (χ1) is 32.4. The van der Waals surface area contributed by atoms with Crippen molar-refractivity contribution in [1.29, 1.82) is 0 Å². The molecule has 6 aromatic carbocycles. The van der Waals surface area contributed by atoms with Crippen LogP contribution in [0.5, 0.6) is 0 Å². The fourth-order valence-electron chi connectivity index (χ4n) is 14.9. The van der Waals surface area contributed by atoms with Crippen molar-refractivity contribution in [3.05, 3.63) is 135 Å². The summed E-state index contributed by atoms with van der Waals surface area (Å²) in [7, 11) is -2.49. The van der Waals surface area contributed by atoms with Gasteiger partial charge in [0.25, 0.3) is 0 Å². The molecule has 8 aliphatic carbocycles. The van der Waals surface area contributed by atoms with Crippen molar-refractivity contribution in [1.82, 2.24) is 0 Å². The summed E-state index contributed by atoms with van der Waals surface area (Å²) >= 11 is 1.36. The summed E-state index contributed by atoms with van der Waals surface area (Å²) in [4.78, 5) is 0. The minimum absolute atomic E-state index is 0. The monoisotopic (exact) mass is 1120 g/mol. The van der Waals surface area contributed by atoms with Crippen LogP contribution in [-0.4, -0.2) is 29.2 Å². The Balaban J connectivity index is 0.000000195. The van der Waals surface area contributed by atoms with Gasteiger partial charge >= 0.3 is 36.4 Å². The molecule has 0 unspecified atom stereocenters. The Labute approximate surface area is 457 Å². The van der Waals surface area contributed by atoms with Crippen LogP contribution >= 0.6 is 24.8 Å². The molecule has 0 aromatic heterocycles. The normalized spacial score (nSPS) is 26.7. The van der Waals surface area contributed by atoms with Crippen LogP contribution in [-0.2, 0) is 36.2 Å². The number of hydrogen-bond donors (Lipinski definition) is 0. The Morgan fingerprint density at radius 3 is 1.08 bits per heavy atom. The van der Waals surface area contributed by atoms with Crippen LogP contribution in [0.3, 0.4) is 0 Å². The van der Waals surface area contributed by atoms with E-state index in [-0.39, 0.29) is 32.2 Å². The summed E-state index contributed by atoms with van der Waals surface area (Å²) < 4.78 is 32.2. The van der Waals surface area contributed by atoms with Crippen LogP contribution in [0.2, 0.25) is 39.3 Å². The van der Waals surface area contributed by atoms with E-state index >= 15 is 0 Å². The van der Waals surface area contributed by atoms with Crippen LogP contribution in [0.1, 0.15) is 81.8 Å². The molecule has 0 amide bonds. The van der Waals surface area contributed by atoms with Gasteiger partial charge in [0, 0.05) is 0 Å². The van der Waals surface area contributed by atoms with Gasteiger partial charge in [-0.05, 0) is 147 Å². The maximum absolute atomic E-state index is 10.7. The zero-order valence-corrected chi connectivity index (χ0v) is 50.6. The van der Waals surface area contributed by atoms with Gasteiger partial charge in [0.15, 0.2) is 0 Å². The van der Waals surface area contributed by atoms with Gasteiger partial charge in [0.2, 0.25) is 0 Å². The van der Waals surface area contributed by atoms with Crippen LogP contribution in [0, 0.1) is 73.5 Å². The average Bonchev–Trinajstić information content (AvgIpc) is 3.92. The molecule has 382 valence electrons. The van der Waals surface area contributed by atoms with Gasteiger partial charge in [0.1, 0.15) is 0 Å². The van der Waals surface area contributed by atoms with Crippen LogP contribution in [0.4, 0.5) is 13.2 Å². The molecule has 8 aliphatic rings. The van der Waals surface area contributed by atoms with Gasteiger partial charge in [-0.1, -0.05) is 128 Å². The molecule has 2 radical (unpaired) electrons. The zero-order chi connectivity index (χ0) is 48.1. The van der Waals surface area contributed by atoms with Crippen molar-refractivity contribution in [2.75, 3.05) is 0 Å². The summed E-state index contributed by atoms with van der Waals surface area (Å²) in [5, 5.41) is 8.86. The Bertz CT molecular complexity index is 2420. The van der Waals surface area contributed by atoms with E-state index in [0.717, 1.165) is 59.2 Å². The summed E-state index contributed by atoms with van der Waals surface area (Å²) in [6, 6.07) is 42.7. The minimum atomic E-state index is -4.07. The molecule has 0 atom stereocenters. The zero-order valence-electron chi connectivity index (χ0n) is 43.5. The molecule has 0 heterocycles. The third-order valence-electron chi connectivity index (χ3n) is 17.8. The van der Waals surface area contributed by atoms with Gasteiger partial charge in [-0.15, -0.1) is 93.9 Å². The van der Waals surface area contributed by atoms with Crippen LogP contribution in [0.15, 0.2) is 109 Å². The molecule has 0 N–H and O–H groups in total. The van der Waals surface area contributed by atoms with Gasteiger partial charge in [0.05, 0.1) is 16.1 Å². The van der Waals surface area contributed by atoms with Crippen molar-refractivity contribution in [2.45, 2.75) is 129 Å². The molecule has 0 nitrogen and oxygen atoms in total. The van der Waals surface area contributed by atoms with E-state index in [1.54, 1.807) is 34.3 Å². The van der Waals surface area contributed by atoms with Crippen molar-refractivity contribution in [3.63, 3.8) is 0 Å². The van der Waals surface area contributed by atoms with Crippen molar-refractivity contribution < 1.29 is 36.5 Å². The van der Waals surface area contributed by atoms with Crippen LogP contribution < -0.4 is 10.4 Å². The van der Waals surface area contributed by atoms with E-state index in [0.29, 0.717) is 0 Å². The molecule has 0 saturated heterocycles. The Kier molecular flexibility index (Phi) is 19.6. The summed E-state index contributed by atoms with van der Waals surface area (Å²) in [5.41, 5.74) is 8.74. The molecule has 71 heavy (non-hydrogen) atoms. The van der Waals surface area contributed by atoms with Gasteiger partial charge in [-0.2, -0.15) is 25.3 Å². The molecule has 0 spiro atoms. The Morgan fingerprint density at radius 1 is 0.521 bits per heavy atom. The quantitative estimate of drug-likeness (QED) is 0.105. The number of benzene rings is 4. The number of hydrogen-bond acceptors (Lipinski definition) is 0. The van der Waals surface area contributed by atoms with Crippen LogP contribution in [0.25, 0.3) is 43.8 Å². The fourth-order valence-corrected chi connectivity index (χ4v) is 17.3. The first-order valence-corrected chi connectivity index (χ1v) is 37.3. The van der Waals surface area contributed by atoms with Gasteiger partial charge in [-0.25, -0.2) is 0 Å². The fraction of sp³-hybridized carbons (Fsp3) is 0.484. The predicted molar refractivity (Wildman–Crippen MR) is 307 cm³/mol. The van der Waals surface area contributed by atoms with E-state index < -0.39 is 28.7 Å². The van der Waals surface area contributed by atoms with Crippen molar-refractivity contribution >= 4 is 79.8 Å². The van der Waals surface area contributed by atoms with E-state index in [4.69, 9.17) is 0 Å². The third-order valence-corrected chi connectivity index (χ3v) is 21.9. The molecule has 14 rings (SSSR count). The number of alkyl halides is 3.